The standard InChI is InChI=1S/C15H15FN4O/c16-10-3-1-4-11(7-10)20-15(21)14-9-18-13(8-19-14)12-5-2-6-17-12/h1,3-4,7-9,12,17H,2,5-6H2,(H,20,21)/t12-/m0/s1. The van der Waals surface area contributed by atoms with E-state index in [2.05, 4.69) is 20.6 Å². The van der Waals surface area contributed by atoms with Crippen molar-refractivity contribution in [2.75, 3.05) is 11.9 Å². The number of nitrogens with one attached hydrogen (secondary N) is 2. The number of aromatic nitrogens is 2. The molecule has 2 heterocycles. The van der Waals surface area contributed by atoms with Crippen LogP contribution in [0.1, 0.15) is 35.1 Å². The lowest BCUT2D eigenvalue weighted by atomic mass is 10.2. The zero-order chi connectivity index (χ0) is 14.7. The number of rotatable bonds is 3. The van der Waals surface area contributed by atoms with Gasteiger partial charge >= 0.3 is 0 Å². The summed E-state index contributed by atoms with van der Waals surface area (Å²) in [7, 11) is 0. The van der Waals surface area contributed by atoms with Crippen LogP contribution in [0.15, 0.2) is 36.7 Å². The number of benzene rings is 1. The molecule has 108 valence electrons. The first-order chi connectivity index (χ1) is 10.2. The lowest BCUT2D eigenvalue weighted by molar-refractivity contribution is 0.102. The van der Waals surface area contributed by atoms with E-state index in [9.17, 15) is 9.18 Å². The molecule has 1 aromatic heterocycles. The van der Waals surface area contributed by atoms with Crippen molar-refractivity contribution in [2.45, 2.75) is 18.9 Å². The summed E-state index contributed by atoms with van der Waals surface area (Å²) in [4.78, 5) is 20.4. The minimum absolute atomic E-state index is 0.209. The van der Waals surface area contributed by atoms with Crippen LogP contribution < -0.4 is 10.6 Å². The van der Waals surface area contributed by atoms with Crippen molar-refractivity contribution in [1.29, 1.82) is 0 Å². The zero-order valence-electron chi connectivity index (χ0n) is 11.3. The lowest BCUT2D eigenvalue weighted by Crippen LogP contribution is -2.17. The minimum Gasteiger partial charge on any atom is -0.321 e. The Morgan fingerprint density at radius 2 is 2.24 bits per heavy atom. The Bertz CT molecular complexity index is 638. The van der Waals surface area contributed by atoms with E-state index >= 15 is 0 Å². The van der Waals surface area contributed by atoms with Gasteiger partial charge in [0.25, 0.3) is 5.91 Å². The van der Waals surface area contributed by atoms with Crippen molar-refractivity contribution in [2.24, 2.45) is 0 Å². The summed E-state index contributed by atoms with van der Waals surface area (Å²) in [5.74, 6) is -0.805. The number of hydrogen-bond donors (Lipinski definition) is 2. The Morgan fingerprint density at radius 3 is 2.90 bits per heavy atom. The van der Waals surface area contributed by atoms with Crippen LogP contribution in [0.5, 0.6) is 0 Å². The average Bonchev–Trinajstić information content (AvgIpc) is 3.01. The molecule has 6 heteroatoms. The Labute approximate surface area is 121 Å². The Morgan fingerprint density at radius 1 is 1.33 bits per heavy atom. The SMILES string of the molecule is O=C(Nc1cccc(F)c1)c1cnc([C@@H]2CCCN2)cn1. The molecule has 1 atom stereocenters. The Balaban J connectivity index is 1.70. The molecule has 3 rings (SSSR count). The third-order valence-corrected chi connectivity index (χ3v) is 3.40. The fourth-order valence-electron chi connectivity index (χ4n) is 2.33. The molecule has 21 heavy (non-hydrogen) atoms. The second kappa shape index (κ2) is 5.97. The highest BCUT2D eigenvalue weighted by molar-refractivity contribution is 6.02. The van der Waals surface area contributed by atoms with Crippen molar-refractivity contribution in [3.63, 3.8) is 0 Å². The van der Waals surface area contributed by atoms with E-state index in [0.717, 1.165) is 25.1 Å². The summed E-state index contributed by atoms with van der Waals surface area (Å²) in [6, 6.07) is 5.94. The van der Waals surface area contributed by atoms with E-state index in [1.54, 1.807) is 12.3 Å². The third kappa shape index (κ3) is 3.22. The highest BCUT2D eigenvalue weighted by atomic mass is 19.1. The normalized spacial score (nSPS) is 17.7. The van der Waals surface area contributed by atoms with Gasteiger partial charge in [-0.15, -0.1) is 0 Å². The van der Waals surface area contributed by atoms with Crippen molar-refractivity contribution in [3.8, 4) is 0 Å². The number of anilines is 1. The number of hydrogen-bond acceptors (Lipinski definition) is 4. The van der Waals surface area contributed by atoms with Gasteiger partial charge in [-0.05, 0) is 37.6 Å². The smallest absolute Gasteiger partial charge is 0.275 e. The maximum atomic E-state index is 13.1. The second-order valence-electron chi connectivity index (χ2n) is 4.94. The van der Waals surface area contributed by atoms with Crippen molar-refractivity contribution >= 4 is 11.6 Å². The summed E-state index contributed by atoms with van der Waals surface area (Å²) in [5.41, 5.74) is 1.44. The monoisotopic (exact) mass is 286 g/mol. The van der Waals surface area contributed by atoms with E-state index in [1.165, 1.54) is 24.4 Å². The van der Waals surface area contributed by atoms with Gasteiger partial charge in [0.05, 0.1) is 24.1 Å². The van der Waals surface area contributed by atoms with Crippen LogP contribution in [0.3, 0.4) is 0 Å². The molecule has 1 aromatic carbocycles. The minimum atomic E-state index is -0.404. The molecule has 2 aromatic rings. The van der Waals surface area contributed by atoms with Crippen molar-refractivity contribution in [3.05, 3.63) is 53.9 Å². The molecule has 1 saturated heterocycles. The first-order valence-electron chi connectivity index (χ1n) is 6.84. The fourth-order valence-corrected chi connectivity index (χ4v) is 2.33. The topological polar surface area (TPSA) is 66.9 Å². The molecule has 0 spiro atoms. The molecule has 0 radical (unpaired) electrons. The van der Waals surface area contributed by atoms with Crippen LogP contribution in [0.4, 0.5) is 10.1 Å². The van der Waals surface area contributed by atoms with Crippen LogP contribution in [-0.2, 0) is 0 Å². The van der Waals surface area contributed by atoms with Crippen molar-refractivity contribution < 1.29 is 9.18 Å². The molecular weight excluding hydrogens is 271 g/mol. The van der Waals surface area contributed by atoms with E-state index in [1.807, 2.05) is 0 Å². The van der Waals surface area contributed by atoms with Crippen LogP contribution in [0, 0.1) is 5.82 Å². The molecule has 0 bridgehead atoms. The fraction of sp³-hybridized carbons (Fsp3) is 0.267. The Hall–Kier alpha value is -2.34. The molecule has 0 saturated carbocycles. The van der Waals surface area contributed by atoms with Gasteiger partial charge in [-0.2, -0.15) is 0 Å². The van der Waals surface area contributed by atoms with Crippen LogP contribution in [0.2, 0.25) is 0 Å². The highest BCUT2D eigenvalue weighted by Gasteiger charge is 2.18. The summed E-state index contributed by atoms with van der Waals surface area (Å²) >= 11 is 0. The first-order valence-corrected chi connectivity index (χ1v) is 6.84. The molecule has 1 amide bonds. The number of amides is 1. The van der Waals surface area contributed by atoms with Crippen LogP contribution >= 0.6 is 0 Å². The number of nitrogens with zero attached hydrogens (tertiary/aromatic N) is 2. The van der Waals surface area contributed by atoms with Gasteiger partial charge in [0.2, 0.25) is 0 Å². The molecule has 1 aliphatic heterocycles. The molecule has 2 N–H and O–H groups in total. The lowest BCUT2D eigenvalue weighted by Gasteiger charge is -2.09. The highest BCUT2D eigenvalue weighted by Crippen LogP contribution is 2.20. The zero-order valence-corrected chi connectivity index (χ0v) is 11.3. The molecular formula is C15H15FN4O. The van der Waals surface area contributed by atoms with Crippen molar-refractivity contribution in [1.82, 2.24) is 15.3 Å². The first kappa shape index (κ1) is 13.6. The number of halogens is 1. The Kier molecular flexibility index (Phi) is 3.87. The predicted octanol–water partition coefficient (Wildman–Crippen LogP) is 2.29. The maximum Gasteiger partial charge on any atom is 0.275 e. The van der Waals surface area contributed by atoms with Gasteiger partial charge < -0.3 is 10.6 Å². The molecule has 0 aliphatic carbocycles. The largest absolute Gasteiger partial charge is 0.321 e. The van der Waals surface area contributed by atoms with Gasteiger partial charge in [0.1, 0.15) is 11.5 Å². The van der Waals surface area contributed by atoms with Crippen LogP contribution in [0.25, 0.3) is 0 Å². The summed E-state index contributed by atoms with van der Waals surface area (Å²) in [6.45, 7) is 0.980. The maximum absolute atomic E-state index is 13.1. The van der Waals surface area contributed by atoms with Gasteiger partial charge in [-0.3, -0.25) is 9.78 Å². The summed E-state index contributed by atoms with van der Waals surface area (Å²) in [5, 5.41) is 5.91. The van der Waals surface area contributed by atoms with Gasteiger partial charge in [-0.1, -0.05) is 6.07 Å². The number of carbonyl (C=O) groups is 1. The number of carbonyl (C=O) groups excluding carboxylic acids is 1. The molecule has 5 nitrogen and oxygen atoms in total. The van der Waals surface area contributed by atoms with Gasteiger partial charge in [0.15, 0.2) is 0 Å². The van der Waals surface area contributed by atoms with Gasteiger partial charge in [-0.25, -0.2) is 9.37 Å². The van der Waals surface area contributed by atoms with E-state index in [-0.39, 0.29) is 11.7 Å². The predicted molar refractivity (Wildman–Crippen MR) is 76.4 cm³/mol. The molecule has 1 aliphatic rings. The van der Waals surface area contributed by atoms with E-state index < -0.39 is 11.7 Å². The summed E-state index contributed by atoms with van der Waals surface area (Å²) in [6.07, 6.45) is 5.21. The van der Waals surface area contributed by atoms with E-state index in [4.69, 9.17) is 0 Å². The summed E-state index contributed by atoms with van der Waals surface area (Å²) < 4.78 is 13.1. The van der Waals surface area contributed by atoms with Crippen LogP contribution in [-0.4, -0.2) is 22.4 Å². The molecule has 0 unspecified atom stereocenters. The third-order valence-electron chi connectivity index (χ3n) is 3.40. The van der Waals surface area contributed by atoms with Gasteiger partial charge in [0, 0.05) is 5.69 Å². The quantitative estimate of drug-likeness (QED) is 0.908. The average molecular weight is 286 g/mol. The van der Waals surface area contributed by atoms with E-state index in [0.29, 0.717) is 5.69 Å². The second-order valence-corrected chi connectivity index (χ2v) is 4.94. The molecule has 1 fully saturated rings.